The summed E-state index contributed by atoms with van der Waals surface area (Å²) in [4.78, 5) is 27.8. The van der Waals surface area contributed by atoms with Gasteiger partial charge in [0.1, 0.15) is 18.1 Å². The van der Waals surface area contributed by atoms with E-state index in [1.165, 1.54) is 5.56 Å². The number of aliphatic carboxylic acids is 1. The van der Waals surface area contributed by atoms with Crippen LogP contribution in [0.3, 0.4) is 0 Å². The van der Waals surface area contributed by atoms with E-state index in [0.717, 1.165) is 47.5 Å². The minimum atomic E-state index is -1.02. The number of benzene rings is 4. The van der Waals surface area contributed by atoms with Crippen molar-refractivity contribution in [2.45, 2.75) is 58.1 Å². The highest BCUT2D eigenvalue weighted by Gasteiger charge is 2.56. The molecule has 4 aromatic rings. The number of halogens is 1. The number of fused-ring (bicyclic) bond motifs is 1. The van der Waals surface area contributed by atoms with Gasteiger partial charge in [-0.25, -0.2) is 4.79 Å². The average molecular weight is 683 g/mol. The summed E-state index contributed by atoms with van der Waals surface area (Å²) >= 11 is 0. The molecule has 6 rings (SSSR count). The predicted octanol–water partition coefficient (Wildman–Crippen LogP) is 7.44. The monoisotopic (exact) mass is 682 g/mol. The van der Waals surface area contributed by atoms with Crippen molar-refractivity contribution in [3.8, 4) is 11.5 Å². The molecule has 2 N–H and O–H groups in total. The van der Waals surface area contributed by atoms with Crippen LogP contribution < -0.4 is 14.8 Å². The Labute approximate surface area is 296 Å². The molecule has 1 saturated heterocycles. The van der Waals surface area contributed by atoms with Gasteiger partial charge in [-0.05, 0) is 82.7 Å². The summed E-state index contributed by atoms with van der Waals surface area (Å²) in [5.41, 5.74) is 6.35. The second-order valence-electron chi connectivity index (χ2n) is 14.3. The number of ether oxygens (including phenoxy) is 2. The number of nitrogens with one attached hydrogen (secondary N) is 1. The Bertz CT molecular complexity index is 1710. The Morgan fingerprint density at radius 2 is 1.53 bits per heavy atom. The van der Waals surface area contributed by atoms with E-state index in [4.69, 9.17) is 9.47 Å². The summed E-state index contributed by atoms with van der Waals surface area (Å²) in [6, 6.07) is 31.8. The van der Waals surface area contributed by atoms with Gasteiger partial charge in [0.05, 0.1) is 6.54 Å². The van der Waals surface area contributed by atoms with Crippen molar-refractivity contribution < 1.29 is 24.2 Å². The summed E-state index contributed by atoms with van der Waals surface area (Å²) < 4.78 is 11.7. The zero-order valence-electron chi connectivity index (χ0n) is 28.7. The van der Waals surface area contributed by atoms with Crippen LogP contribution in [-0.2, 0) is 23.2 Å². The first-order valence-corrected chi connectivity index (χ1v) is 16.9. The number of carboxylic acids is 1. The molecule has 7 nitrogen and oxygen atoms in total. The Balaban J connectivity index is 0.00000468. The van der Waals surface area contributed by atoms with E-state index >= 15 is 0 Å². The summed E-state index contributed by atoms with van der Waals surface area (Å²) in [6.45, 7) is 12.2. The van der Waals surface area contributed by atoms with Crippen LogP contribution >= 0.6 is 12.4 Å². The lowest BCUT2D eigenvalue weighted by atomic mass is 9.87. The van der Waals surface area contributed by atoms with Gasteiger partial charge >= 0.3 is 5.97 Å². The number of carbonyl (C=O) groups excluding carboxylic acids is 1. The van der Waals surface area contributed by atoms with Crippen molar-refractivity contribution >= 4 is 24.3 Å². The molecule has 1 saturated carbocycles. The quantitative estimate of drug-likeness (QED) is 0.143. The molecule has 1 amide bonds. The molecule has 0 radical (unpaired) electrons. The van der Waals surface area contributed by atoms with E-state index in [9.17, 15) is 14.7 Å². The molecule has 0 spiro atoms. The first-order valence-electron chi connectivity index (χ1n) is 16.9. The molecule has 2 fully saturated rings. The molecular weight excluding hydrogens is 636 g/mol. The largest absolute Gasteiger partial charge is 0.492 e. The van der Waals surface area contributed by atoms with Gasteiger partial charge in [0.25, 0.3) is 5.91 Å². The van der Waals surface area contributed by atoms with Crippen molar-refractivity contribution in [1.29, 1.82) is 0 Å². The van der Waals surface area contributed by atoms with Gasteiger partial charge in [0, 0.05) is 31.6 Å². The fourth-order valence-corrected chi connectivity index (χ4v) is 6.94. The number of carbonyl (C=O) groups is 2. The predicted molar refractivity (Wildman–Crippen MR) is 195 cm³/mol. The molecule has 8 heteroatoms. The molecule has 1 heterocycles. The standard InChI is InChI=1S/C41H46N2O5.ClH/c1-27-10-19-33(38-35-25-43(26-36(35)38)24-29-8-6-5-7-9-29)34(22-27)39(44)42-20-21-47-31-15-11-28(12-16-31)23-37(40(45)46)48-32-17-13-30(14-18-32)41(2,3)4;/h5-19,22,35-38H,20-21,23-26H2,1-4H3,(H,42,44)(H,45,46);1H/t35-,36?,37-,38-;/m0./s1. The Hall–Kier alpha value is -4.33. The van der Waals surface area contributed by atoms with Gasteiger partial charge in [0.15, 0.2) is 6.10 Å². The number of aryl methyl sites for hydroxylation is 1. The number of piperidine rings is 1. The third-order valence-electron chi connectivity index (χ3n) is 9.61. The molecule has 0 aromatic heterocycles. The molecule has 258 valence electrons. The summed E-state index contributed by atoms with van der Waals surface area (Å²) in [7, 11) is 0. The van der Waals surface area contributed by atoms with E-state index in [-0.39, 0.29) is 30.2 Å². The van der Waals surface area contributed by atoms with Crippen LogP contribution in [-0.4, -0.2) is 54.2 Å². The first kappa shape index (κ1) is 36.0. The summed E-state index contributed by atoms with van der Waals surface area (Å²) in [6.07, 6.45) is -0.790. The SMILES string of the molecule is Cc1ccc([C@@H]2C3CN(Cc4ccccc4)C[C@@H]32)c(C(=O)NCCOc2ccc(C[C@H](Oc3ccc(C(C)(C)C)cc3)C(=O)O)cc2)c1.Cl. The fourth-order valence-electron chi connectivity index (χ4n) is 6.94. The number of hydrogen-bond acceptors (Lipinski definition) is 5. The summed E-state index contributed by atoms with van der Waals surface area (Å²) in [5, 5.41) is 12.8. The van der Waals surface area contributed by atoms with Crippen LogP contribution in [0.25, 0.3) is 0 Å². The molecule has 49 heavy (non-hydrogen) atoms. The number of nitrogens with zero attached hydrogens (tertiary/aromatic N) is 1. The van der Waals surface area contributed by atoms with E-state index in [0.29, 0.717) is 42.4 Å². The number of carboxylic acid groups (broad SMARTS) is 1. The van der Waals surface area contributed by atoms with Crippen molar-refractivity contribution in [2.24, 2.45) is 11.8 Å². The first-order chi connectivity index (χ1) is 23.0. The minimum absolute atomic E-state index is 0. The maximum absolute atomic E-state index is 13.3. The van der Waals surface area contributed by atoms with Crippen LogP contribution in [0.15, 0.2) is 97.1 Å². The Morgan fingerprint density at radius 1 is 0.878 bits per heavy atom. The number of likely N-dealkylation sites (tertiary alicyclic amines) is 1. The molecule has 1 unspecified atom stereocenters. The van der Waals surface area contributed by atoms with Crippen LogP contribution in [0.5, 0.6) is 11.5 Å². The highest BCUT2D eigenvalue weighted by Crippen LogP contribution is 2.59. The normalized spacial score (nSPS) is 18.9. The van der Waals surface area contributed by atoms with Crippen LogP contribution in [0.2, 0.25) is 0 Å². The maximum atomic E-state index is 13.3. The maximum Gasteiger partial charge on any atom is 0.345 e. The fraction of sp³-hybridized carbons (Fsp3) is 0.366. The van der Waals surface area contributed by atoms with E-state index in [1.807, 2.05) is 61.5 Å². The molecule has 4 atom stereocenters. The second-order valence-corrected chi connectivity index (χ2v) is 14.3. The van der Waals surface area contributed by atoms with Gasteiger partial charge in [0.2, 0.25) is 0 Å². The Morgan fingerprint density at radius 3 is 2.16 bits per heavy atom. The highest BCUT2D eigenvalue weighted by molar-refractivity contribution is 5.96. The molecule has 4 aromatic carbocycles. The van der Waals surface area contributed by atoms with Gasteiger partial charge in [-0.2, -0.15) is 0 Å². The van der Waals surface area contributed by atoms with E-state index in [2.05, 4.69) is 73.5 Å². The smallest absolute Gasteiger partial charge is 0.345 e. The highest BCUT2D eigenvalue weighted by atomic mass is 35.5. The third kappa shape index (κ3) is 9.02. The molecule has 0 bridgehead atoms. The Kier molecular flexibility index (Phi) is 11.4. The van der Waals surface area contributed by atoms with Gasteiger partial charge < -0.3 is 19.9 Å². The van der Waals surface area contributed by atoms with E-state index < -0.39 is 12.1 Å². The van der Waals surface area contributed by atoms with Gasteiger partial charge in [-0.1, -0.05) is 93.1 Å². The van der Waals surface area contributed by atoms with Crippen LogP contribution in [0.1, 0.15) is 64.9 Å². The molecular formula is C41H47ClN2O5. The van der Waals surface area contributed by atoms with Crippen LogP contribution in [0, 0.1) is 18.8 Å². The van der Waals surface area contributed by atoms with Crippen molar-refractivity contribution in [3.05, 3.63) is 130 Å². The lowest BCUT2D eigenvalue weighted by Crippen LogP contribution is -2.29. The van der Waals surface area contributed by atoms with Crippen molar-refractivity contribution in [3.63, 3.8) is 0 Å². The lowest BCUT2D eigenvalue weighted by Gasteiger charge is -2.20. The molecule has 2 aliphatic rings. The number of amides is 1. The zero-order chi connectivity index (χ0) is 33.8. The summed E-state index contributed by atoms with van der Waals surface area (Å²) in [5.74, 6) is 1.75. The van der Waals surface area contributed by atoms with Crippen molar-refractivity contribution in [1.82, 2.24) is 10.2 Å². The van der Waals surface area contributed by atoms with E-state index in [1.54, 1.807) is 0 Å². The number of hydrogen-bond donors (Lipinski definition) is 2. The lowest BCUT2D eigenvalue weighted by molar-refractivity contribution is -0.145. The second kappa shape index (κ2) is 15.5. The number of rotatable bonds is 13. The topological polar surface area (TPSA) is 88.1 Å². The third-order valence-corrected chi connectivity index (χ3v) is 9.61. The van der Waals surface area contributed by atoms with Gasteiger partial charge in [-0.15, -0.1) is 12.4 Å². The van der Waals surface area contributed by atoms with Crippen molar-refractivity contribution in [2.75, 3.05) is 26.2 Å². The zero-order valence-corrected chi connectivity index (χ0v) is 29.5. The van der Waals surface area contributed by atoms with Crippen LogP contribution in [0.4, 0.5) is 0 Å². The minimum Gasteiger partial charge on any atom is -0.492 e. The molecule has 1 aliphatic heterocycles. The van der Waals surface area contributed by atoms with Gasteiger partial charge in [-0.3, -0.25) is 9.69 Å². The molecule has 1 aliphatic carbocycles. The average Bonchev–Trinajstić information content (AvgIpc) is 3.56.